The Morgan fingerprint density at radius 3 is 2.00 bits per heavy atom. The fourth-order valence-corrected chi connectivity index (χ4v) is 2.85. The van der Waals surface area contributed by atoms with E-state index in [2.05, 4.69) is 36.4 Å². The molecule has 0 fully saturated rings. The van der Waals surface area contributed by atoms with Gasteiger partial charge in [0.25, 0.3) is 0 Å². The highest BCUT2D eigenvalue weighted by Gasteiger charge is 2.05. The Morgan fingerprint density at radius 2 is 1.42 bits per heavy atom. The molecule has 0 aliphatic rings. The Balaban J connectivity index is 2.00. The summed E-state index contributed by atoms with van der Waals surface area (Å²) < 4.78 is 1.68. The second-order valence-electron chi connectivity index (χ2n) is 4.39. The topological polar surface area (TPSA) is 22.0 Å². The minimum atomic E-state index is 0.0714. The van der Waals surface area contributed by atoms with Gasteiger partial charge < -0.3 is 4.57 Å². The van der Waals surface area contributed by atoms with Crippen molar-refractivity contribution in [3.63, 3.8) is 0 Å². The van der Waals surface area contributed by atoms with Crippen LogP contribution in [0.25, 0.3) is 22.4 Å². The molecule has 3 aromatic rings. The van der Waals surface area contributed by atoms with E-state index in [9.17, 15) is 4.79 Å². The second-order valence-corrected chi connectivity index (χ2v) is 5.21. The Hall–Kier alpha value is -2.13. The highest BCUT2D eigenvalue weighted by atomic mass is 32.1. The third-order valence-electron chi connectivity index (χ3n) is 3.19. The molecule has 0 aliphatic heterocycles. The second kappa shape index (κ2) is 4.86. The van der Waals surface area contributed by atoms with Gasteiger partial charge in [-0.3, -0.25) is 4.79 Å². The molecular weight excluding hydrogens is 254 g/mol. The van der Waals surface area contributed by atoms with E-state index in [0.29, 0.717) is 0 Å². The Bertz CT molecular complexity index is 738. The minimum absolute atomic E-state index is 0.0714. The van der Waals surface area contributed by atoms with Gasteiger partial charge >= 0.3 is 4.87 Å². The van der Waals surface area contributed by atoms with Crippen LogP contribution in [0.5, 0.6) is 0 Å². The zero-order valence-corrected chi connectivity index (χ0v) is 11.4. The maximum atomic E-state index is 11.5. The summed E-state index contributed by atoms with van der Waals surface area (Å²) in [7, 11) is 1.80. The molecule has 0 amide bonds. The predicted octanol–water partition coefficient (Wildman–Crippen LogP) is 3.78. The summed E-state index contributed by atoms with van der Waals surface area (Å²) in [4.78, 5) is 11.6. The van der Waals surface area contributed by atoms with Gasteiger partial charge in [0.2, 0.25) is 0 Å². The van der Waals surface area contributed by atoms with Crippen LogP contribution in [0.3, 0.4) is 0 Å². The number of hydrogen-bond donors (Lipinski definition) is 0. The number of rotatable bonds is 2. The Kier molecular flexibility index (Phi) is 3.05. The molecule has 0 saturated carbocycles. The van der Waals surface area contributed by atoms with Gasteiger partial charge in [-0.05, 0) is 16.7 Å². The lowest BCUT2D eigenvalue weighted by molar-refractivity contribution is 0.906. The van der Waals surface area contributed by atoms with Crippen LogP contribution in [0.15, 0.2) is 64.8 Å². The molecule has 0 aliphatic carbocycles. The molecule has 0 unspecified atom stereocenters. The third-order valence-corrected chi connectivity index (χ3v) is 4.01. The summed E-state index contributed by atoms with van der Waals surface area (Å²) >= 11 is 1.23. The zero-order chi connectivity index (χ0) is 13.2. The molecule has 0 N–H and O–H groups in total. The number of aromatic nitrogens is 1. The number of benzene rings is 2. The van der Waals surface area contributed by atoms with Crippen molar-refractivity contribution in [2.75, 3.05) is 0 Å². The molecule has 19 heavy (non-hydrogen) atoms. The lowest BCUT2D eigenvalue weighted by Gasteiger charge is -2.05. The molecular formula is C16H13NOS. The molecule has 2 nitrogen and oxygen atoms in total. The van der Waals surface area contributed by atoms with Gasteiger partial charge in [0.1, 0.15) is 0 Å². The lowest BCUT2D eigenvalue weighted by Crippen LogP contribution is -2.08. The molecule has 0 atom stereocenters. The molecule has 1 heterocycles. The van der Waals surface area contributed by atoms with Crippen LogP contribution in [0, 0.1) is 0 Å². The molecule has 0 radical (unpaired) electrons. The first-order chi connectivity index (χ1) is 9.25. The first-order valence-corrected chi connectivity index (χ1v) is 6.94. The van der Waals surface area contributed by atoms with Crippen molar-refractivity contribution < 1.29 is 0 Å². The fraction of sp³-hybridized carbons (Fsp3) is 0.0625. The molecule has 0 saturated heterocycles. The van der Waals surface area contributed by atoms with Crippen LogP contribution < -0.4 is 4.87 Å². The minimum Gasteiger partial charge on any atom is -0.302 e. The van der Waals surface area contributed by atoms with Crippen molar-refractivity contribution >= 4 is 11.3 Å². The molecule has 0 bridgehead atoms. The van der Waals surface area contributed by atoms with Crippen LogP contribution >= 0.6 is 11.3 Å². The number of nitrogens with zero attached hydrogens (tertiary/aromatic N) is 1. The molecule has 0 spiro atoms. The van der Waals surface area contributed by atoms with Crippen LogP contribution in [-0.2, 0) is 7.05 Å². The van der Waals surface area contributed by atoms with Gasteiger partial charge in [0.05, 0.1) is 5.69 Å². The smallest absolute Gasteiger partial charge is 0.302 e. The van der Waals surface area contributed by atoms with Gasteiger partial charge in [-0.1, -0.05) is 65.9 Å². The quantitative estimate of drug-likeness (QED) is 0.692. The summed E-state index contributed by atoms with van der Waals surface area (Å²) in [6.45, 7) is 0. The van der Waals surface area contributed by atoms with E-state index >= 15 is 0 Å². The first-order valence-electron chi connectivity index (χ1n) is 6.06. The molecule has 2 aromatic carbocycles. The molecule has 94 valence electrons. The SMILES string of the molecule is Cn1c(-c2ccc(-c3ccccc3)cc2)csc1=O. The van der Waals surface area contributed by atoms with Crippen LogP contribution in [-0.4, -0.2) is 4.57 Å². The van der Waals surface area contributed by atoms with Crippen molar-refractivity contribution in [1.82, 2.24) is 4.57 Å². The van der Waals surface area contributed by atoms with E-state index < -0.39 is 0 Å². The monoisotopic (exact) mass is 267 g/mol. The van der Waals surface area contributed by atoms with Crippen molar-refractivity contribution in [2.24, 2.45) is 7.05 Å². The molecule has 1 aromatic heterocycles. The summed E-state index contributed by atoms with van der Waals surface area (Å²) in [6.07, 6.45) is 0. The van der Waals surface area contributed by atoms with E-state index in [0.717, 1.165) is 11.3 Å². The maximum absolute atomic E-state index is 11.5. The van der Waals surface area contributed by atoms with E-state index in [1.807, 2.05) is 23.6 Å². The highest BCUT2D eigenvalue weighted by Crippen LogP contribution is 2.24. The van der Waals surface area contributed by atoms with Crippen LogP contribution in [0.4, 0.5) is 0 Å². The van der Waals surface area contributed by atoms with Gasteiger partial charge in [0.15, 0.2) is 0 Å². The number of hydrogen-bond acceptors (Lipinski definition) is 2. The van der Waals surface area contributed by atoms with E-state index in [-0.39, 0.29) is 4.87 Å². The van der Waals surface area contributed by atoms with E-state index in [1.165, 1.54) is 22.5 Å². The summed E-state index contributed by atoms with van der Waals surface area (Å²) in [5.41, 5.74) is 4.42. The van der Waals surface area contributed by atoms with Crippen molar-refractivity contribution in [1.29, 1.82) is 0 Å². The average Bonchev–Trinajstić information content (AvgIpc) is 2.80. The fourth-order valence-electron chi connectivity index (χ4n) is 2.09. The summed E-state index contributed by atoms with van der Waals surface area (Å²) in [6, 6.07) is 18.6. The van der Waals surface area contributed by atoms with Gasteiger partial charge in [0, 0.05) is 12.4 Å². The van der Waals surface area contributed by atoms with Crippen molar-refractivity contribution in [3.8, 4) is 22.4 Å². The van der Waals surface area contributed by atoms with Gasteiger partial charge in [-0.15, -0.1) is 0 Å². The van der Waals surface area contributed by atoms with Crippen LogP contribution in [0.1, 0.15) is 0 Å². The summed E-state index contributed by atoms with van der Waals surface area (Å²) in [5.74, 6) is 0. The zero-order valence-electron chi connectivity index (χ0n) is 10.5. The predicted molar refractivity (Wildman–Crippen MR) is 80.4 cm³/mol. The van der Waals surface area contributed by atoms with E-state index in [1.54, 1.807) is 11.6 Å². The largest absolute Gasteiger partial charge is 0.307 e. The molecule has 3 heteroatoms. The van der Waals surface area contributed by atoms with Gasteiger partial charge in [-0.25, -0.2) is 0 Å². The third kappa shape index (κ3) is 2.25. The van der Waals surface area contributed by atoms with Gasteiger partial charge in [-0.2, -0.15) is 0 Å². The highest BCUT2D eigenvalue weighted by molar-refractivity contribution is 7.07. The summed E-state index contributed by atoms with van der Waals surface area (Å²) in [5, 5.41) is 1.90. The lowest BCUT2D eigenvalue weighted by atomic mass is 10.0. The Morgan fingerprint density at radius 1 is 0.842 bits per heavy atom. The first kappa shape index (κ1) is 11.9. The van der Waals surface area contributed by atoms with Crippen LogP contribution in [0.2, 0.25) is 0 Å². The van der Waals surface area contributed by atoms with E-state index in [4.69, 9.17) is 0 Å². The normalized spacial score (nSPS) is 10.6. The standard InChI is InChI=1S/C16H13NOS/c1-17-15(11-19-16(17)18)14-9-7-13(8-10-14)12-5-3-2-4-6-12/h2-11H,1H3. The van der Waals surface area contributed by atoms with Crippen molar-refractivity contribution in [2.45, 2.75) is 0 Å². The maximum Gasteiger partial charge on any atom is 0.307 e. The molecule has 3 rings (SSSR count). The Labute approximate surface area is 115 Å². The van der Waals surface area contributed by atoms with Crippen molar-refractivity contribution in [3.05, 3.63) is 69.6 Å². The number of thiazole rings is 1. The average molecular weight is 267 g/mol.